The van der Waals surface area contributed by atoms with Crippen molar-refractivity contribution in [1.82, 2.24) is 9.80 Å². The van der Waals surface area contributed by atoms with Crippen molar-refractivity contribution in [1.29, 1.82) is 0 Å². The number of carbonyl (C=O) groups excluding carboxylic acids is 2. The lowest BCUT2D eigenvalue weighted by Crippen LogP contribution is -2.45. The molecule has 0 aliphatic carbocycles. The first-order chi connectivity index (χ1) is 15.3. The molecule has 4 rings (SSSR count). The van der Waals surface area contributed by atoms with Crippen LogP contribution in [-0.4, -0.2) is 68.5 Å². The Kier molecular flexibility index (Phi) is 6.53. The standard InChI is InChI=1S/C24H29BN4O3/c1-15-10-17-11-20(7-4-16(17)13-28(15)2)26-23(30)22-12-21(32-3)14-29(22)24(31)27-19-8-5-18(25)6-9-19/h4-9,11,15,21-22H,10,12-14H2,1-3H3,(H,26,30)(H,27,31)/t15?,21-,22-/m1/s1. The number of amides is 3. The molecule has 2 heterocycles. The molecular formula is C24H29BN4O3. The van der Waals surface area contributed by atoms with Gasteiger partial charge in [-0.25, -0.2) is 4.79 Å². The summed E-state index contributed by atoms with van der Waals surface area (Å²) in [5.74, 6) is -0.210. The topological polar surface area (TPSA) is 73.9 Å². The zero-order chi connectivity index (χ0) is 22.8. The summed E-state index contributed by atoms with van der Waals surface area (Å²) < 4.78 is 5.46. The number of benzene rings is 2. The number of anilines is 2. The van der Waals surface area contributed by atoms with E-state index in [9.17, 15) is 9.59 Å². The molecule has 8 heteroatoms. The van der Waals surface area contributed by atoms with Gasteiger partial charge >= 0.3 is 6.03 Å². The molecule has 2 aromatic rings. The molecule has 1 saturated heterocycles. The van der Waals surface area contributed by atoms with Crippen molar-refractivity contribution in [2.24, 2.45) is 0 Å². The summed E-state index contributed by atoms with van der Waals surface area (Å²) in [6.07, 6.45) is 1.20. The maximum Gasteiger partial charge on any atom is 0.322 e. The zero-order valence-corrected chi connectivity index (χ0v) is 18.8. The Labute approximate surface area is 190 Å². The molecule has 0 aromatic heterocycles. The fraction of sp³-hybridized carbons (Fsp3) is 0.417. The van der Waals surface area contributed by atoms with Crippen molar-refractivity contribution in [3.8, 4) is 0 Å². The second kappa shape index (κ2) is 9.34. The van der Waals surface area contributed by atoms with Crippen LogP contribution >= 0.6 is 0 Å². The van der Waals surface area contributed by atoms with E-state index in [2.05, 4.69) is 41.6 Å². The summed E-state index contributed by atoms with van der Waals surface area (Å²) in [5, 5.41) is 5.86. The smallest absolute Gasteiger partial charge is 0.322 e. The largest absolute Gasteiger partial charge is 0.380 e. The second-order valence-electron chi connectivity index (χ2n) is 8.75. The van der Waals surface area contributed by atoms with Crippen LogP contribution in [0.4, 0.5) is 16.2 Å². The molecule has 166 valence electrons. The number of urea groups is 1. The number of carbonyl (C=O) groups is 2. The van der Waals surface area contributed by atoms with E-state index < -0.39 is 6.04 Å². The van der Waals surface area contributed by atoms with Gasteiger partial charge in [0.1, 0.15) is 13.9 Å². The van der Waals surface area contributed by atoms with Gasteiger partial charge < -0.3 is 20.3 Å². The van der Waals surface area contributed by atoms with Gasteiger partial charge in [0.15, 0.2) is 0 Å². The molecule has 0 saturated carbocycles. The number of ether oxygens (including phenoxy) is 1. The van der Waals surface area contributed by atoms with E-state index in [1.807, 2.05) is 6.07 Å². The number of rotatable bonds is 4. The van der Waals surface area contributed by atoms with Crippen LogP contribution in [-0.2, 0) is 22.5 Å². The molecule has 2 aliphatic rings. The quantitative estimate of drug-likeness (QED) is 0.727. The third-order valence-corrected chi connectivity index (χ3v) is 6.48. The van der Waals surface area contributed by atoms with Gasteiger partial charge in [-0.3, -0.25) is 9.69 Å². The molecule has 2 aliphatic heterocycles. The van der Waals surface area contributed by atoms with Crippen LogP contribution in [0, 0.1) is 0 Å². The normalized spacial score (nSPS) is 23.0. The number of likely N-dealkylation sites (tertiary alicyclic amines) is 1. The lowest BCUT2D eigenvalue weighted by molar-refractivity contribution is -0.119. The summed E-state index contributed by atoms with van der Waals surface area (Å²) >= 11 is 0. The number of nitrogens with zero attached hydrogens (tertiary/aromatic N) is 2. The van der Waals surface area contributed by atoms with E-state index in [0.717, 1.165) is 18.7 Å². The number of hydrogen-bond acceptors (Lipinski definition) is 4. The number of methoxy groups -OCH3 is 1. The van der Waals surface area contributed by atoms with Gasteiger partial charge in [-0.05, 0) is 55.8 Å². The van der Waals surface area contributed by atoms with Crippen LogP contribution in [0.25, 0.3) is 0 Å². The predicted octanol–water partition coefficient (Wildman–Crippen LogP) is 2.12. The van der Waals surface area contributed by atoms with Crippen LogP contribution in [0.5, 0.6) is 0 Å². The minimum Gasteiger partial charge on any atom is -0.380 e. The summed E-state index contributed by atoms with van der Waals surface area (Å²) in [4.78, 5) is 29.9. The molecule has 1 unspecified atom stereocenters. The van der Waals surface area contributed by atoms with E-state index in [-0.39, 0.29) is 18.0 Å². The summed E-state index contributed by atoms with van der Waals surface area (Å²) in [6.45, 7) is 3.46. The third kappa shape index (κ3) is 4.81. The number of likely N-dealkylation sites (N-methyl/N-ethyl adjacent to an activating group) is 1. The highest BCUT2D eigenvalue weighted by molar-refractivity contribution is 6.32. The lowest BCUT2D eigenvalue weighted by atomic mass is 9.95. The van der Waals surface area contributed by atoms with Crippen molar-refractivity contribution >= 4 is 36.6 Å². The van der Waals surface area contributed by atoms with Crippen molar-refractivity contribution in [2.75, 3.05) is 31.3 Å². The van der Waals surface area contributed by atoms with Gasteiger partial charge in [-0.2, -0.15) is 0 Å². The number of hydrogen-bond donors (Lipinski definition) is 2. The lowest BCUT2D eigenvalue weighted by Gasteiger charge is -2.32. The molecule has 1 fully saturated rings. The van der Waals surface area contributed by atoms with Crippen LogP contribution < -0.4 is 16.1 Å². The Bertz CT molecular complexity index is 997. The molecule has 32 heavy (non-hydrogen) atoms. The summed E-state index contributed by atoms with van der Waals surface area (Å²) in [7, 11) is 9.44. The Morgan fingerprint density at radius 1 is 1.06 bits per heavy atom. The van der Waals surface area contributed by atoms with Crippen LogP contribution in [0.2, 0.25) is 0 Å². The van der Waals surface area contributed by atoms with Gasteiger partial charge in [0, 0.05) is 44.0 Å². The fourth-order valence-corrected chi connectivity index (χ4v) is 4.38. The molecule has 2 aromatic carbocycles. The van der Waals surface area contributed by atoms with Crippen LogP contribution in [0.3, 0.4) is 0 Å². The molecule has 3 atom stereocenters. The van der Waals surface area contributed by atoms with Gasteiger partial charge in [0.2, 0.25) is 5.91 Å². The Balaban J connectivity index is 1.46. The van der Waals surface area contributed by atoms with E-state index in [4.69, 9.17) is 12.6 Å². The van der Waals surface area contributed by atoms with Gasteiger partial charge in [0.25, 0.3) is 0 Å². The van der Waals surface area contributed by atoms with Crippen molar-refractivity contribution in [2.45, 2.75) is 44.5 Å². The van der Waals surface area contributed by atoms with Gasteiger partial charge in [-0.1, -0.05) is 23.7 Å². The summed E-state index contributed by atoms with van der Waals surface area (Å²) in [5.41, 5.74) is 4.54. The zero-order valence-electron chi connectivity index (χ0n) is 18.8. The van der Waals surface area contributed by atoms with Crippen LogP contribution in [0.15, 0.2) is 42.5 Å². The van der Waals surface area contributed by atoms with E-state index in [0.29, 0.717) is 30.2 Å². The second-order valence-corrected chi connectivity index (χ2v) is 8.75. The molecule has 3 amide bonds. The van der Waals surface area contributed by atoms with Gasteiger partial charge in [0.05, 0.1) is 6.10 Å². The highest BCUT2D eigenvalue weighted by atomic mass is 16.5. The Hall–Kier alpha value is -2.84. The first-order valence-corrected chi connectivity index (χ1v) is 10.9. The number of fused-ring (bicyclic) bond motifs is 1. The average molecular weight is 432 g/mol. The molecule has 7 nitrogen and oxygen atoms in total. The predicted molar refractivity (Wildman–Crippen MR) is 126 cm³/mol. The Morgan fingerprint density at radius 3 is 2.50 bits per heavy atom. The SMILES string of the molecule is [B]c1ccc(NC(=O)N2C[C@H](OC)C[C@@H]2C(=O)Nc2ccc3c(c2)CC(C)N(C)C3)cc1. The molecule has 0 bridgehead atoms. The first-order valence-electron chi connectivity index (χ1n) is 10.9. The third-order valence-electron chi connectivity index (χ3n) is 6.48. The van der Waals surface area contributed by atoms with E-state index >= 15 is 0 Å². The Morgan fingerprint density at radius 2 is 1.78 bits per heavy atom. The minimum absolute atomic E-state index is 0.192. The minimum atomic E-state index is -0.616. The monoisotopic (exact) mass is 432 g/mol. The van der Waals surface area contributed by atoms with Crippen LogP contribution in [0.1, 0.15) is 24.5 Å². The molecule has 0 spiro atoms. The van der Waals surface area contributed by atoms with Crippen molar-refractivity contribution in [3.63, 3.8) is 0 Å². The molecule has 2 radical (unpaired) electrons. The maximum atomic E-state index is 13.2. The number of nitrogens with one attached hydrogen (secondary N) is 2. The highest BCUT2D eigenvalue weighted by Gasteiger charge is 2.40. The fourth-order valence-electron chi connectivity index (χ4n) is 4.38. The van der Waals surface area contributed by atoms with Gasteiger partial charge in [-0.15, -0.1) is 0 Å². The average Bonchev–Trinajstić information content (AvgIpc) is 3.21. The summed E-state index contributed by atoms with van der Waals surface area (Å²) in [6, 6.07) is 12.5. The molecule has 2 N–H and O–H groups in total. The molecular weight excluding hydrogens is 403 g/mol. The van der Waals surface area contributed by atoms with E-state index in [1.165, 1.54) is 16.0 Å². The van der Waals surface area contributed by atoms with E-state index in [1.54, 1.807) is 31.4 Å². The first kappa shape index (κ1) is 22.4. The highest BCUT2D eigenvalue weighted by Crippen LogP contribution is 2.27. The maximum absolute atomic E-state index is 13.2. The van der Waals surface area contributed by atoms with Crippen molar-refractivity contribution < 1.29 is 14.3 Å². The van der Waals surface area contributed by atoms with Crippen molar-refractivity contribution in [3.05, 3.63) is 53.6 Å².